The summed E-state index contributed by atoms with van der Waals surface area (Å²) in [5.41, 5.74) is 0.650. The number of benzene rings is 2. The summed E-state index contributed by atoms with van der Waals surface area (Å²) >= 11 is 0. The molecule has 0 saturated carbocycles. The van der Waals surface area contributed by atoms with Gasteiger partial charge in [-0.2, -0.15) is 0 Å². The Balaban J connectivity index is 2.03. The largest absolute Gasteiger partial charge is 0.425 e. The minimum absolute atomic E-state index is 0.0295. The van der Waals surface area contributed by atoms with E-state index in [1.54, 1.807) is 12.1 Å². The van der Waals surface area contributed by atoms with Gasteiger partial charge in [-0.15, -0.1) is 0 Å². The maximum atomic E-state index is 13.1. The van der Waals surface area contributed by atoms with E-state index < -0.39 is 5.97 Å². The van der Waals surface area contributed by atoms with E-state index in [0.29, 0.717) is 23.8 Å². The Kier molecular flexibility index (Phi) is 3.34. The van der Waals surface area contributed by atoms with Crippen molar-refractivity contribution in [2.45, 2.75) is 19.8 Å². The Labute approximate surface area is 139 Å². The Morgan fingerprint density at radius 2 is 1.71 bits per heavy atom. The van der Waals surface area contributed by atoms with Gasteiger partial charge >= 0.3 is 5.97 Å². The van der Waals surface area contributed by atoms with Gasteiger partial charge in [-0.1, -0.05) is 36.4 Å². The first-order chi connectivity index (χ1) is 11.6. The second kappa shape index (κ2) is 5.41. The van der Waals surface area contributed by atoms with Crippen LogP contribution in [-0.4, -0.2) is 17.5 Å². The van der Waals surface area contributed by atoms with E-state index in [1.165, 1.54) is 6.92 Å². The highest BCUT2D eigenvalue weighted by Gasteiger charge is 2.43. The molecule has 2 aliphatic carbocycles. The number of hydrogen-bond acceptors (Lipinski definition) is 4. The molecule has 0 saturated heterocycles. The van der Waals surface area contributed by atoms with Crippen molar-refractivity contribution in [3.63, 3.8) is 0 Å². The monoisotopic (exact) mass is 320 g/mol. The molecule has 2 atom stereocenters. The van der Waals surface area contributed by atoms with E-state index in [9.17, 15) is 14.4 Å². The molecule has 0 heterocycles. The standard InChI is InChI=1S/C20H16O4/c1-11(21)24-20-13-7-3-2-6-12(13)10-16-17(20)19(23)15-9-5-4-8-14(15)18(16)22/h2-7,10,14-15H,8-9H2,1H3. The minimum atomic E-state index is -0.500. The van der Waals surface area contributed by atoms with E-state index >= 15 is 0 Å². The van der Waals surface area contributed by atoms with Gasteiger partial charge in [-0.25, -0.2) is 0 Å². The highest BCUT2D eigenvalue weighted by atomic mass is 16.5. The Hall–Kier alpha value is -2.75. The van der Waals surface area contributed by atoms with Crippen LogP contribution in [0.1, 0.15) is 40.5 Å². The summed E-state index contributed by atoms with van der Waals surface area (Å²) in [5.74, 6) is -1.06. The molecule has 0 radical (unpaired) electrons. The Bertz CT molecular complexity index is 923. The third-order valence-corrected chi connectivity index (χ3v) is 4.87. The van der Waals surface area contributed by atoms with Gasteiger partial charge in [-0.05, 0) is 24.3 Å². The molecule has 4 rings (SSSR count). The summed E-state index contributed by atoms with van der Waals surface area (Å²) in [5, 5.41) is 1.47. The molecular weight excluding hydrogens is 304 g/mol. The van der Waals surface area contributed by atoms with Crippen molar-refractivity contribution in [3.8, 4) is 5.75 Å². The molecule has 0 fully saturated rings. The molecule has 0 amide bonds. The SMILES string of the molecule is CC(=O)Oc1c2c(cc3ccccc13)C(=O)C1CC=CCC1C2=O. The lowest BCUT2D eigenvalue weighted by atomic mass is 9.69. The van der Waals surface area contributed by atoms with Gasteiger partial charge in [0.2, 0.25) is 0 Å². The number of carbonyl (C=O) groups excluding carboxylic acids is 3. The normalized spacial score (nSPS) is 22.2. The Morgan fingerprint density at radius 1 is 1.04 bits per heavy atom. The van der Waals surface area contributed by atoms with Gasteiger partial charge in [0.05, 0.1) is 5.56 Å². The summed E-state index contributed by atoms with van der Waals surface area (Å²) in [6, 6.07) is 9.09. The number of esters is 1. The van der Waals surface area contributed by atoms with Gasteiger partial charge in [0, 0.05) is 29.7 Å². The van der Waals surface area contributed by atoms with Crippen molar-refractivity contribution in [3.05, 3.63) is 53.6 Å². The molecule has 4 nitrogen and oxygen atoms in total. The fourth-order valence-corrected chi connectivity index (χ4v) is 3.78. The van der Waals surface area contributed by atoms with Gasteiger partial charge in [0.1, 0.15) is 5.75 Å². The predicted octanol–water partition coefficient (Wildman–Crippen LogP) is 3.73. The fourth-order valence-electron chi connectivity index (χ4n) is 3.78. The van der Waals surface area contributed by atoms with Crippen LogP contribution in [-0.2, 0) is 4.79 Å². The van der Waals surface area contributed by atoms with Crippen LogP contribution in [0.25, 0.3) is 10.8 Å². The zero-order chi connectivity index (χ0) is 16.8. The molecule has 4 heteroatoms. The summed E-state index contributed by atoms with van der Waals surface area (Å²) in [4.78, 5) is 37.6. The van der Waals surface area contributed by atoms with E-state index in [2.05, 4.69) is 0 Å². The van der Waals surface area contributed by atoms with Crippen molar-refractivity contribution in [1.29, 1.82) is 0 Å². The average molecular weight is 320 g/mol. The van der Waals surface area contributed by atoms with E-state index in [1.807, 2.05) is 30.4 Å². The van der Waals surface area contributed by atoms with E-state index in [4.69, 9.17) is 4.74 Å². The lowest BCUT2D eigenvalue weighted by Gasteiger charge is -2.32. The van der Waals surface area contributed by atoms with Crippen LogP contribution in [0.5, 0.6) is 5.75 Å². The van der Waals surface area contributed by atoms with Crippen LogP contribution in [0.4, 0.5) is 0 Å². The van der Waals surface area contributed by atoms with Crippen LogP contribution in [0.15, 0.2) is 42.5 Å². The third-order valence-electron chi connectivity index (χ3n) is 4.87. The smallest absolute Gasteiger partial charge is 0.308 e. The fraction of sp³-hybridized carbons (Fsp3) is 0.250. The van der Waals surface area contributed by atoms with Gasteiger partial charge in [0.25, 0.3) is 0 Å². The topological polar surface area (TPSA) is 60.4 Å². The first-order valence-corrected chi connectivity index (χ1v) is 8.05. The third kappa shape index (κ3) is 2.10. The molecule has 2 aromatic rings. The van der Waals surface area contributed by atoms with Crippen LogP contribution in [0.3, 0.4) is 0 Å². The molecule has 0 aromatic heterocycles. The molecule has 120 valence electrons. The number of carbonyl (C=O) groups is 3. The van der Waals surface area contributed by atoms with Crippen molar-refractivity contribution in [1.82, 2.24) is 0 Å². The number of allylic oxidation sites excluding steroid dienone is 2. The second-order valence-corrected chi connectivity index (χ2v) is 6.33. The summed E-state index contributed by atoms with van der Waals surface area (Å²) in [7, 11) is 0. The highest BCUT2D eigenvalue weighted by molar-refractivity contribution is 6.21. The van der Waals surface area contributed by atoms with Crippen LogP contribution in [0, 0.1) is 11.8 Å². The first kappa shape index (κ1) is 14.8. The summed E-state index contributed by atoms with van der Waals surface area (Å²) < 4.78 is 5.39. The van der Waals surface area contributed by atoms with Crippen molar-refractivity contribution in [2.75, 3.05) is 0 Å². The number of ketones is 2. The van der Waals surface area contributed by atoms with Crippen LogP contribution in [0.2, 0.25) is 0 Å². The lowest BCUT2D eigenvalue weighted by molar-refractivity contribution is -0.131. The van der Waals surface area contributed by atoms with E-state index in [0.717, 1.165) is 5.39 Å². The number of rotatable bonds is 1. The van der Waals surface area contributed by atoms with Gasteiger partial charge in [0.15, 0.2) is 11.6 Å². The number of Topliss-reactive ketones (excluding diaryl/α,β-unsaturated/α-hetero) is 2. The maximum absolute atomic E-state index is 13.1. The lowest BCUT2D eigenvalue weighted by Crippen LogP contribution is -2.37. The number of fused-ring (bicyclic) bond motifs is 3. The molecule has 2 aromatic carbocycles. The first-order valence-electron chi connectivity index (χ1n) is 8.05. The maximum Gasteiger partial charge on any atom is 0.308 e. The zero-order valence-corrected chi connectivity index (χ0v) is 13.2. The summed E-state index contributed by atoms with van der Waals surface area (Å²) in [6.07, 6.45) is 5.06. The summed E-state index contributed by atoms with van der Waals surface area (Å²) in [6.45, 7) is 1.30. The molecule has 0 spiro atoms. The average Bonchev–Trinajstić information content (AvgIpc) is 2.59. The number of hydrogen-bond donors (Lipinski definition) is 0. The van der Waals surface area contributed by atoms with E-state index in [-0.39, 0.29) is 34.7 Å². The quantitative estimate of drug-likeness (QED) is 0.456. The highest BCUT2D eigenvalue weighted by Crippen LogP contribution is 2.43. The van der Waals surface area contributed by atoms with Crippen LogP contribution >= 0.6 is 0 Å². The molecule has 24 heavy (non-hydrogen) atoms. The van der Waals surface area contributed by atoms with Crippen molar-refractivity contribution in [2.24, 2.45) is 11.8 Å². The molecule has 0 bridgehead atoms. The Morgan fingerprint density at radius 3 is 2.42 bits per heavy atom. The van der Waals surface area contributed by atoms with Crippen molar-refractivity contribution < 1.29 is 19.1 Å². The zero-order valence-electron chi connectivity index (χ0n) is 13.2. The second-order valence-electron chi connectivity index (χ2n) is 6.33. The molecule has 2 aliphatic rings. The van der Waals surface area contributed by atoms with Gasteiger partial charge < -0.3 is 4.74 Å². The minimum Gasteiger partial charge on any atom is -0.425 e. The molecular formula is C20H16O4. The number of ether oxygens (including phenoxy) is 1. The van der Waals surface area contributed by atoms with Gasteiger partial charge in [-0.3, -0.25) is 14.4 Å². The van der Waals surface area contributed by atoms with Crippen LogP contribution < -0.4 is 4.74 Å². The molecule has 0 N–H and O–H groups in total. The molecule has 2 unspecified atom stereocenters. The molecule has 0 aliphatic heterocycles. The van der Waals surface area contributed by atoms with Crippen molar-refractivity contribution >= 4 is 28.3 Å². The predicted molar refractivity (Wildman–Crippen MR) is 89.3 cm³/mol.